The second-order valence-electron chi connectivity index (χ2n) is 4.73. The molecule has 1 atom stereocenters. The Labute approximate surface area is 103 Å². The molecule has 1 unspecified atom stereocenters. The first-order chi connectivity index (χ1) is 8.53. The number of cyclic esters (lactones) is 1. The maximum Gasteiger partial charge on any atom is 0.410 e. The zero-order chi connectivity index (χ0) is 12.9. The van der Waals surface area contributed by atoms with E-state index >= 15 is 0 Å². The summed E-state index contributed by atoms with van der Waals surface area (Å²) in [6.07, 6.45) is 0.458. The summed E-state index contributed by atoms with van der Waals surface area (Å²) in [4.78, 5) is 26.6. The van der Waals surface area contributed by atoms with Crippen molar-refractivity contribution in [3.8, 4) is 0 Å². The van der Waals surface area contributed by atoms with E-state index in [1.807, 2.05) is 6.92 Å². The number of carbonyl (C=O) groups excluding carboxylic acids is 1. The summed E-state index contributed by atoms with van der Waals surface area (Å²) < 4.78 is 5.30. The van der Waals surface area contributed by atoms with Gasteiger partial charge in [-0.3, -0.25) is 5.32 Å². The van der Waals surface area contributed by atoms with Crippen molar-refractivity contribution in [1.29, 1.82) is 0 Å². The molecular formula is C12H12N2O4. The Balaban J connectivity index is 2.08. The van der Waals surface area contributed by atoms with Crippen molar-refractivity contribution < 1.29 is 19.4 Å². The van der Waals surface area contributed by atoms with Gasteiger partial charge in [-0.1, -0.05) is 0 Å². The van der Waals surface area contributed by atoms with Crippen LogP contribution in [-0.4, -0.2) is 28.3 Å². The summed E-state index contributed by atoms with van der Waals surface area (Å²) in [6, 6.07) is 3.04. The fourth-order valence-corrected chi connectivity index (χ4v) is 2.49. The quantitative estimate of drug-likeness (QED) is 0.739. The van der Waals surface area contributed by atoms with E-state index in [1.165, 1.54) is 6.07 Å². The normalized spacial score (nSPS) is 23.2. The van der Waals surface area contributed by atoms with Crippen LogP contribution in [0.3, 0.4) is 0 Å². The van der Waals surface area contributed by atoms with Crippen molar-refractivity contribution in [3.63, 3.8) is 0 Å². The molecule has 3 rings (SSSR count). The number of pyridine rings is 1. The SMILES string of the molecule is CC1OC(=O)c2ccc(NC(=O)O)nc2C12CC2. The summed E-state index contributed by atoms with van der Waals surface area (Å²) in [7, 11) is 0. The predicted molar refractivity (Wildman–Crippen MR) is 61.7 cm³/mol. The fourth-order valence-electron chi connectivity index (χ4n) is 2.49. The van der Waals surface area contributed by atoms with Crippen LogP contribution in [0.4, 0.5) is 10.6 Å². The highest BCUT2D eigenvalue weighted by Gasteiger charge is 2.56. The number of anilines is 1. The molecule has 1 aliphatic carbocycles. The second-order valence-corrected chi connectivity index (χ2v) is 4.73. The molecule has 2 heterocycles. The molecule has 1 aromatic heterocycles. The number of carbonyl (C=O) groups is 2. The van der Waals surface area contributed by atoms with Gasteiger partial charge in [0.05, 0.1) is 16.7 Å². The average molecular weight is 248 g/mol. The fraction of sp³-hybridized carbons (Fsp3) is 0.417. The van der Waals surface area contributed by atoms with Gasteiger partial charge in [-0.15, -0.1) is 0 Å². The number of nitrogens with zero attached hydrogens (tertiary/aromatic N) is 1. The van der Waals surface area contributed by atoms with Crippen LogP contribution >= 0.6 is 0 Å². The molecule has 18 heavy (non-hydrogen) atoms. The number of esters is 1. The Morgan fingerprint density at radius 3 is 2.89 bits per heavy atom. The van der Waals surface area contributed by atoms with Crippen LogP contribution in [0, 0.1) is 0 Å². The molecule has 2 N–H and O–H groups in total. The number of amides is 1. The number of ether oxygens (including phenoxy) is 1. The van der Waals surface area contributed by atoms with Crippen molar-refractivity contribution in [1.82, 2.24) is 4.98 Å². The highest BCUT2D eigenvalue weighted by molar-refractivity contribution is 5.93. The van der Waals surface area contributed by atoms with E-state index in [1.54, 1.807) is 6.07 Å². The number of aromatic nitrogens is 1. The van der Waals surface area contributed by atoms with E-state index in [0.29, 0.717) is 11.3 Å². The minimum atomic E-state index is -1.17. The lowest BCUT2D eigenvalue weighted by atomic mass is 9.89. The number of hydrogen-bond acceptors (Lipinski definition) is 4. The molecule has 94 valence electrons. The van der Waals surface area contributed by atoms with Crippen LogP contribution in [0.2, 0.25) is 0 Å². The van der Waals surface area contributed by atoms with Crippen molar-refractivity contribution in [3.05, 3.63) is 23.4 Å². The van der Waals surface area contributed by atoms with Gasteiger partial charge in [0.25, 0.3) is 0 Å². The van der Waals surface area contributed by atoms with Crippen molar-refractivity contribution in [2.75, 3.05) is 5.32 Å². The largest absolute Gasteiger partial charge is 0.465 e. The van der Waals surface area contributed by atoms with Gasteiger partial charge in [0.2, 0.25) is 0 Å². The molecule has 0 saturated heterocycles. The first-order valence-electron chi connectivity index (χ1n) is 5.75. The van der Waals surface area contributed by atoms with Crippen LogP contribution in [-0.2, 0) is 10.2 Å². The summed E-state index contributed by atoms with van der Waals surface area (Å²) in [5, 5.41) is 10.9. The molecule has 1 aromatic rings. The van der Waals surface area contributed by atoms with Gasteiger partial charge < -0.3 is 9.84 Å². The average Bonchev–Trinajstić information content (AvgIpc) is 3.07. The smallest absolute Gasteiger partial charge is 0.410 e. The predicted octanol–water partition coefficient (Wildman–Crippen LogP) is 1.76. The van der Waals surface area contributed by atoms with E-state index < -0.39 is 6.09 Å². The lowest BCUT2D eigenvalue weighted by Crippen LogP contribution is -2.36. The van der Waals surface area contributed by atoms with Crippen LogP contribution < -0.4 is 5.32 Å². The zero-order valence-electron chi connectivity index (χ0n) is 9.77. The van der Waals surface area contributed by atoms with Gasteiger partial charge in [0.15, 0.2) is 0 Å². The number of nitrogens with one attached hydrogen (secondary N) is 1. The van der Waals surface area contributed by atoms with Gasteiger partial charge >= 0.3 is 12.1 Å². The van der Waals surface area contributed by atoms with Gasteiger partial charge in [-0.2, -0.15) is 0 Å². The highest BCUT2D eigenvalue weighted by Crippen LogP contribution is 2.54. The maximum absolute atomic E-state index is 11.7. The van der Waals surface area contributed by atoms with Crippen molar-refractivity contribution >= 4 is 17.9 Å². The van der Waals surface area contributed by atoms with Crippen LogP contribution in [0.25, 0.3) is 0 Å². The first kappa shape index (κ1) is 11.0. The van der Waals surface area contributed by atoms with Crippen molar-refractivity contribution in [2.45, 2.75) is 31.3 Å². The number of hydrogen-bond donors (Lipinski definition) is 2. The Kier molecular flexibility index (Phi) is 2.10. The van der Waals surface area contributed by atoms with Gasteiger partial charge in [0, 0.05) is 0 Å². The molecule has 6 heteroatoms. The molecule has 1 saturated carbocycles. The Morgan fingerprint density at radius 1 is 1.56 bits per heavy atom. The molecule has 1 spiro atoms. The Hall–Kier alpha value is -2.11. The summed E-state index contributed by atoms with van der Waals surface area (Å²) in [5.74, 6) is -0.140. The third-order valence-corrected chi connectivity index (χ3v) is 3.67. The van der Waals surface area contributed by atoms with Crippen molar-refractivity contribution in [2.24, 2.45) is 0 Å². The molecule has 2 aliphatic rings. The van der Waals surface area contributed by atoms with Gasteiger partial charge in [0.1, 0.15) is 11.9 Å². The highest BCUT2D eigenvalue weighted by atomic mass is 16.5. The zero-order valence-corrected chi connectivity index (χ0v) is 9.77. The lowest BCUT2D eigenvalue weighted by molar-refractivity contribution is 0.0183. The summed E-state index contributed by atoms with van der Waals surface area (Å²) >= 11 is 0. The molecule has 6 nitrogen and oxygen atoms in total. The lowest BCUT2D eigenvalue weighted by Gasteiger charge is -2.30. The molecule has 0 aromatic carbocycles. The van der Waals surface area contributed by atoms with E-state index in [-0.39, 0.29) is 23.3 Å². The third-order valence-electron chi connectivity index (χ3n) is 3.67. The van der Waals surface area contributed by atoms with E-state index in [2.05, 4.69) is 10.3 Å². The van der Waals surface area contributed by atoms with Crippen LogP contribution in [0.1, 0.15) is 35.8 Å². The molecular weight excluding hydrogens is 236 g/mol. The Morgan fingerprint density at radius 2 is 2.28 bits per heavy atom. The number of fused-ring (bicyclic) bond motifs is 2. The van der Waals surface area contributed by atoms with Crippen LogP contribution in [0.5, 0.6) is 0 Å². The second kappa shape index (κ2) is 3.44. The summed E-state index contributed by atoms with van der Waals surface area (Å²) in [6.45, 7) is 1.85. The number of rotatable bonds is 1. The van der Waals surface area contributed by atoms with Gasteiger partial charge in [-0.25, -0.2) is 14.6 Å². The minimum absolute atomic E-state index is 0.204. The molecule has 0 bridgehead atoms. The van der Waals surface area contributed by atoms with E-state index in [0.717, 1.165) is 12.8 Å². The monoisotopic (exact) mass is 248 g/mol. The first-order valence-corrected chi connectivity index (χ1v) is 5.75. The van der Waals surface area contributed by atoms with Crippen LogP contribution in [0.15, 0.2) is 12.1 Å². The topological polar surface area (TPSA) is 88.5 Å². The van der Waals surface area contributed by atoms with Gasteiger partial charge in [-0.05, 0) is 31.9 Å². The maximum atomic E-state index is 11.7. The van der Waals surface area contributed by atoms with E-state index in [4.69, 9.17) is 9.84 Å². The third kappa shape index (κ3) is 1.45. The Bertz CT molecular complexity index is 551. The van der Waals surface area contributed by atoms with E-state index in [9.17, 15) is 9.59 Å². The number of carboxylic acid groups (broad SMARTS) is 1. The summed E-state index contributed by atoms with van der Waals surface area (Å²) in [5.41, 5.74) is 0.901. The molecule has 1 amide bonds. The minimum Gasteiger partial charge on any atom is -0.465 e. The molecule has 0 radical (unpaired) electrons. The standard InChI is InChI=1S/C12H12N2O4/c1-6-12(4-5-12)9-7(10(15)18-6)2-3-8(13-9)14-11(16)17/h2-3,6H,4-5H2,1H3,(H,13,14)(H,16,17). The molecule has 1 fully saturated rings. The molecule has 1 aliphatic heterocycles.